The third kappa shape index (κ3) is 2.55. The first kappa shape index (κ1) is 14.8. The summed E-state index contributed by atoms with van der Waals surface area (Å²) in [6.07, 6.45) is 5.14. The third-order valence-corrected chi connectivity index (χ3v) is 4.63. The van der Waals surface area contributed by atoms with Crippen LogP contribution in [0.3, 0.4) is 0 Å². The Labute approximate surface area is 139 Å². The molecule has 1 aliphatic carbocycles. The topological polar surface area (TPSA) is 79.5 Å². The summed E-state index contributed by atoms with van der Waals surface area (Å²) in [4.78, 5) is 16.8. The maximum atomic E-state index is 12.5. The summed E-state index contributed by atoms with van der Waals surface area (Å²) in [6, 6.07) is 11.7. The predicted octanol–water partition coefficient (Wildman–Crippen LogP) is 1.90. The van der Waals surface area contributed by atoms with Gasteiger partial charge >= 0.3 is 0 Å². The molecule has 0 atom stereocenters. The van der Waals surface area contributed by atoms with Crippen LogP contribution in [0.15, 0.2) is 48.8 Å². The number of fused-ring (bicyclic) bond motifs is 1. The van der Waals surface area contributed by atoms with Crippen molar-refractivity contribution in [1.82, 2.24) is 19.9 Å². The van der Waals surface area contributed by atoms with E-state index in [1.54, 1.807) is 16.9 Å². The predicted molar refractivity (Wildman–Crippen MR) is 89.5 cm³/mol. The van der Waals surface area contributed by atoms with Crippen molar-refractivity contribution in [2.45, 2.75) is 12.8 Å². The molecule has 1 fully saturated rings. The van der Waals surface area contributed by atoms with E-state index in [-0.39, 0.29) is 17.9 Å². The van der Waals surface area contributed by atoms with E-state index in [0.29, 0.717) is 17.8 Å². The van der Waals surface area contributed by atoms with Crippen LogP contribution >= 0.6 is 0 Å². The molecule has 1 amide bonds. The van der Waals surface area contributed by atoms with Crippen LogP contribution in [-0.4, -0.2) is 38.8 Å². The molecule has 2 aromatic heterocycles. The van der Waals surface area contributed by atoms with Crippen LogP contribution in [0.4, 0.5) is 0 Å². The lowest BCUT2D eigenvalue weighted by atomic mass is 10.1. The number of hydrogen-bond acceptors (Lipinski definition) is 4. The second-order valence-corrected chi connectivity index (χ2v) is 6.33. The fourth-order valence-electron chi connectivity index (χ4n) is 2.81. The van der Waals surface area contributed by atoms with Crippen molar-refractivity contribution in [2.75, 3.05) is 13.2 Å². The fraction of sp³-hybridized carbons (Fsp3) is 0.278. The number of hydrogen-bond donors (Lipinski definition) is 2. The van der Waals surface area contributed by atoms with Crippen molar-refractivity contribution < 1.29 is 9.90 Å². The number of nitrogens with zero attached hydrogens (tertiary/aromatic N) is 3. The molecular weight excluding hydrogens is 304 g/mol. The quantitative estimate of drug-likeness (QED) is 0.752. The highest BCUT2D eigenvalue weighted by Gasteiger charge is 2.42. The molecule has 0 radical (unpaired) electrons. The van der Waals surface area contributed by atoms with Gasteiger partial charge in [0.05, 0.1) is 18.5 Å². The number of aliphatic hydroxyl groups excluding tert-OH is 1. The molecule has 2 heterocycles. The summed E-state index contributed by atoms with van der Waals surface area (Å²) in [7, 11) is 0. The second-order valence-electron chi connectivity index (χ2n) is 6.33. The maximum Gasteiger partial charge on any atom is 0.256 e. The number of carbonyl (C=O) groups excluding carboxylic acids is 1. The average Bonchev–Trinajstić information content (AvgIpc) is 3.29. The van der Waals surface area contributed by atoms with Gasteiger partial charge in [-0.1, -0.05) is 30.3 Å². The number of rotatable bonds is 5. The van der Waals surface area contributed by atoms with Crippen LogP contribution in [-0.2, 0) is 0 Å². The fourth-order valence-corrected chi connectivity index (χ4v) is 2.81. The van der Waals surface area contributed by atoms with E-state index < -0.39 is 0 Å². The van der Waals surface area contributed by atoms with Crippen LogP contribution in [0.2, 0.25) is 0 Å². The second kappa shape index (κ2) is 5.72. The van der Waals surface area contributed by atoms with Crippen LogP contribution in [0.5, 0.6) is 0 Å². The minimum atomic E-state index is -0.206. The minimum Gasteiger partial charge on any atom is -0.396 e. The molecule has 6 heteroatoms. The van der Waals surface area contributed by atoms with Crippen LogP contribution in [0.25, 0.3) is 16.9 Å². The molecule has 1 aromatic carbocycles. The Bertz CT molecular complexity index is 884. The van der Waals surface area contributed by atoms with Crippen molar-refractivity contribution in [1.29, 1.82) is 0 Å². The first-order valence-electron chi connectivity index (χ1n) is 8.00. The van der Waals surface area contributed by atoms with Gasteiger partial charge in [-0.15, -0.1) is 0 Å². The molecule has 0 bridgehead atoms. The Hall–Kier alpha value is -2.73. The minimum absolute atomic E-state index is 0.110. The Morgan fingerprint density at radius 2 is 2.04 bits per heavy atom. The van der Waals surface area contributed by atoms with E-state index in [4.69, 9.17) is 0 Å². The molecule has 6 nitrogen and oxygen atoms in total. The Balaban J connectivity index is 1.64. The number of aromatic nitrogens is 3. The van der Waals surface area contributed by atoms with Gasteiger partial charge in [0.25, 0.3) is 5.91 Å². The first-order valence-corrected chi connectivity index (χ1v) is 8.00. The molecule has 4 rings (SSSR count). The summed E-state index contributed by atoms with van der Waals surface area (Å²) < 4.78 is 1.68. The first-order chi connectivity index (χ1) is 11.7. The Morgan fingerprint density at radius 3 is 2.75 bits per heavy atom. The Morgan fingerprint density at radius 1 is 1.25 bits per heavy atom. The summed E-state index contributed by atoms with van der Waals surface area (Å²) in [5, 5.41) is 16.6. The number of benzene rings is 1. The highest BCUT2D eigenvalue weighted by Crippen LogP contribution is 2.44. The lowest BCUT2D eigenvalue weighted by Crippen LogP contribution is -2.31. The molecule has 0 unspecified atom stereocenters. The van der Waals surface area contributed by atoms with E-state index >= 15 is 0 Å². The van der Waals surface area contributed by atoms with Crippen molar-refractivity contribution in [3.05, 3.63) is 54.4 Å². The van der Waals surface area contributed by atoms with Crippen LogP contribution < -0.4 is 5.32 Å². The molecule has 1 saturated carbocycles. The van der Waals surface area contributed by atoms with Crippen LogP contribution in [0, 0.1) is 5.41 Å². The third-order valence-electron chi connectivity index (χ3n) is 4.63. The zero-order chi connectivity index (χ0) is 16.6. The van der Waals surface area contributed by atoms with Crippen molar-refractivity contribution in [3.63, 3.8) is 0 Å². The van der Waals surface area contributed by atoms with E-state index in [1.165, 1.54) is 0 Å². The molecule has 24 heavy (non-hydrogen) atoms. The molecular formula is C18H18N4O2. The normalized spacial score (nSPS) is 15.4. The zero-order valence-corrected chi connectivity index (χ0v) is 13.1. The molecule has 0 spiro atoms. The van der Waals surface area contributed by atoms with Crippen molar-refractivity contribution in [2.24, 2.45) is 5.41 Å². The van der Waals surface area contributed by atoms with Gasteiger partial charge in [-0.2, -0.15) is 5.10 Å². The zero-order valence-electron chi connectivity index (χ0n) is 13.1. The number of aliphatic hydroxyl groups is 1. The maximum absolute atomic E-state index is 12.5. The lowest BCUT2D eigenvalue weighted by molar-refractivity contribution is 0.0936. The monoisotopic (exact) mass is 322 g/mol. The molecule has 1 aliphatic rings. The standard InChI is InChI=1S/C18H18N4O2/c23-12-18(7-8-18)11-20-17(24)14-10-21-22-15(6-9-19-16(14)22)13-4-2-1-3-5-13/h1-6,9-10,23H,7-8,11-12H2,(H,20,24). The van der Waals surface area contributed by atoms with Gasteiger partial charge in [-0.05, 0) is 18.9 Å². The van der Waals surface area contributed by atoms with Gasteiger partial charge in [-0.25, -0.2) is 9.50 Å². The van der Waals surface area contributed by atoms with Gasteiger partial charge < -0.3 is 10.4 Å². The summed E-state index contributed by atoms with van der Waals surface area (Å²) in [5.74, 6) is -0.206. The molecule has 0 aliphatic heterocycles. The summed E-state index contributed by atoms with van der Waals surface area (Å²) in [6.45, 7) is 0.594. The van der Waals surface area contributed by atoms with Gasteiger partial charge in [0.1, 0.15) is 5.56 Å². The summed E-state index contributed by atoms with van der Waals surface area (Å²) in [5.41, 5.74) is 2.75. The molecule has 2 N–H and O–H groups in total. The number of nitrogens with one attached hydrogen (secondary N) is 1. The van der Waals surface area contributed by atoms with E-state index in [2.05, 4.69) is 15.4 Å². The molecule has 0 saturated heterocycles. The van der Waals surface area contributed by atoms with Crippen molar-refractivity contribution >= 4 is 11.6 Å². The SMILES string of the molecule is O=C(NCC1(CO)CC1)c1cnn2c(-c3ccccc3)ccnc12. The number of carbonyl (C=O) groups is 1. The van der Waals surface area contributed by atoms with Gasteiger partial charge in [0.15, 0.2) is 5.65 Å². The highest BCUT2D eigenvalue weighted by atomic mass is 16.3. The highest BCUT2D eigenvalue weighted by molar-refractivity contribution is 5.99. The average molecular weight is 322 g/mol. The Kier molecular flexibility index (Phi) is 3.54. The van der Waals surface area contributed by atoms with Gasteiger partial charge in [0, 0.05) is 23.7 Å². The molecule has 3 aromatic rings. The summed E-state index contributed by atoms with van der Waals surface area (Å²) >= 11 is 0. The lowest BCUT2D eigenvalue weighted by Gasteiger charge is -2.12. The van der Waals surface area contributed by atoms with Crippen molar-refractivity contribution in [3.8, 4) is 11.3 Å². The van der Waals surface area contributed by atoms with E-state index in [1.807, 2.05) is 36.4 Å². The van der Waals surface area contributed by atoms with Gasteiger partial charge in [0.2, 0.25) is 0 Å². The number of amides is 1. The van der Waals surface area contributed by atoms with E-state index in [0.717, 1.165) is 24.1 Å². The van der Waals surface area contributed by atoms with Crippen LogP contribution in [0.1, 0.15) is 23.2 Å². The van der Waals surface area contributed by atoms with E-state index in [9.17, 15) is 9.90 Å². The van der Waals surface area contributed by atoms with Gasteiger partial charge in [-0.3, -0.25) is 4.79 Å². The largest absolute Gasteiger partial charge is 0.396 e. The smallest absolute Gasteiger partial charge is 0.256 e. The molecule has 122 valence electrons.